The average molecular weight is 268 g/mol. The second kappa shape index (κ2) is 5.95. The quantitative estimate of drug-likeness (QED) is 0.896. The standard InChI is InChI=1S/C15H22F2N2/c1-3-18-14(13-5-4-11(2)19-10-13)12-6-8-15(16,17)9-7-12/h4-5,10,12,14,18H,3,6-9H2,1-2H3. The van der Waals surface area contributed by atoms with E-state index >= 15 is 0 Å². The number of alkyl halides is 2. The molecule has 0 bridgehead atoms. The first-order valence-corrected chi connectivity index (χ1v) is 7.05. The normalized spacial score (nSPS) is 21.3. The molecule has 1 aromatic heterocycles. The maximum absolute atomic E-state index is 13.2. The fourth-order valence-corrected chi connectivity index (χ4v) is 2.84. The molecule has 106 valence electrons. The van der Waals surface area contributed by atoms with Crippen LogP contribution in [0.5, 0.6) is 0 Å². The van der Waals surface area contributed by atoms with Gasteiger partial charge in [0.1, 0.15) is 0 Å². The van der Waals surface area contributed by atoms with Gasteiger partial charge in [0.2, 0.25) is 5.92 Å². The van der Waals surface area contributed by atoms with Gasteiger partial charge in [0.15, 0.2) is 0 Å². The summed E-state index contributed by atoms with van der Waals surface area (Å²) in [5.41, 5.74) is 2.09. The van der Waals surface area contributed by atoms with Crippen LogP contribution in [-0.2, 0) is 0 Å². The minimum atomic E-state index is -2.46. The maximum Gasteiger partial charge on any atom is 0.248 e. The first-order valence-electron chi connectivity index (χ1n) is 7.05. The van der Waals surface area contributed by atoms with E-state index in [1.807, 2.05) is 26.1 Å². The lowest BCUT2D eigenvalue weighted by molar-refractivity contribution is -0.0497. The van der Waals surface area contributed by atoms with E-state index in [0.717, 1.165) is 17.8 Å². The number of halogens is 2. The third-order valence-corrected chi connectivity index (χ3v) is 3.95. The van der Waals surface area contributed by atoms with Gasteiger partial charge in [-0.05, 0) is 43.9 Å². The van der Waals surface area contributed by atoms with Crippen LogP contribution in [0.1, 0.15) is 49.9 Å². The van der Waals surface area contributed by atoms with Crippen LogP contribution < -0.4 is 5.32 Å². The van der Waals surface area contributed by atoms with Crippen LogP contribution in [-0.4, -0.2) is 17.5 Å². The third-order valence-electron chi connectivity index (χ3n) is 3.95. The zero-order valence-electron chi connectivity index (χ0n) is 11.6. The molecule has 1 aromatic rings. The molecule has 1 fully saturated rings. The number of hydrogen-bond donors (Lipinski definition) is 1. The van der Waals surface area contributed by atoms with Gasteiger partial charge in [0.05, 0.1) is 0 Å². The summed E-state index contributed by atoms with van der Waals surface area (Å²) in [4.78, 5) is 4.32. The first kappa shape index (κ1) is 14.4. The Morgan fingerprint density at radius 1 is 1.37 bits per heavy atom. The molecule has 0 radical (unpaired) electrons. The summed E-state index contributed by atoms with van der Waals surface area (Å²) in [7, 11) is 0. The minimum Gasteiger partial charge on any atom is -0.310 e. The van der Waals surface area contributed by atoms with Crippen molar-refractivity contribution in [2.75, 3.05) is 6.54 Å². The smallest absolute Gasteiger partial charge is 0.248 e. The van der Waals surface area contributed by atoms with E-state index in [1.165, 1.54) is 0 Å². The fourth-order valence-electron chi connectivity index (χ4n) is 2.84. The van der Waals surface area contributed by atoms with Crippen LogP contribution in [0.3, 0.4) is 0 Å². The molecule has 0 aromatic carbocycles. The van der Waals surface area contributed by atoms with Crippen LogP contribution in [0.2, 0.25) is 0 Å². The first-order chi connectivity index (χ1) is 9.02. The molecule has 2 rings (SSSR count). The van der Waals surface area contributed by atoms with Crippen LogP contribution in [0.4, 0.5) is 8.78 Å². The Kier molecular flexibility index (Phi) is 4.50. The zero-order valence-corrected chi connectivity index (χ0v) is 11.6. The Hall–Kier alpha value is -1.03. The van der Waals surface area contributed by atoms with Crippen LogP contribution >= 0.6 is 0 Å². The Labute approximate surface area is 113 Å². The van der Waals surface area contributed by atoms with Gasteiger partial charge in [-0.3, -0.25) is 4.98 Å². The monoisotopic (exact) mass is 268 g/mol. The molecule has 1 heterocycles. The van der Waals surface area contributed by atoms with Crippen molar-refractivity contribution < 1.29 is 8.78 Å². The maximum atomic E-state index is 13.2. The Morgan fingerprint density at radius 3 is 2.58 bits per heavy atom. The van der Waals surface area contributed by atoms with Crippen molar-refractivity contribution in [3.63, 3.8) is 0 Å². The van der Waals surface area contributed by atoms with Crippen LogP contribution in [0, 0.1) is 12.8 Å². The summed E-state index contributed by atoms with van der Waals surface area (Å²) in [6.07, 6.45) is 3.06. The van der Waals surface area contributed by atoms with Crippen molar-refractivity contribution in [2.24, 2.45) is 5.92 Å². The molecule has 1 saturated carbocycles. The van der Waals surface area contributed by atoms with Crippen molar-refractivity contribution in [3.8, 4) is 0 Å². The summed E-state index contributed by atoms with van der Waals surface area (Å²) >= 11 is 0. The van der Waals surface area contributed by atoms with Gasteiger partial charge in [-0.1, -0.05) is 13.0 Å². The van der Waals surface area contributed by atoms with E-state index in [9.17, 15) is 8.78 Å². The molecule has 1 atom stereocenters. The van der Waals surface area contributed by atoms with E-state index in [2.05, 4.69) is 16.4 Å². The third kappa shape index (κ3) is 3.72. The molecule has 0 amide bonds. The highest BCUT2D eigenvalue weighted by atomic mass is 19.3. The lowest BCUT2D eigenvalue weighted by Crippen LogP contribution is -2.34. The number of aryl methyl sites for hydroxylation is 1. The molecule has 1 N–H and O–H groups in total. The lowest BCUT2D eigenvalue weighted by Gasteiger charge is -2.34. The van der Waals surface area contributed by atoms with E-state index < -0.39 is 5.92 Å². The predicted octanol–water partition coefficient (Wildman–Crippen LogP) is 3.87. The van der Waals surface area contributed by atoms with E-state index in [-0.39, 0.29) is 24.8 Å². The summed E-state index contributed by atoms with van der Waals surface area (Å²) < 4.78 is 26.5. The second-order valence-corrected chi connectivity index (χ2v) is 5.46. The summed E-state index contributed by atoms with van der Waals surface area (Å²) in [6.45, 7) is 4.84. The SMILES string of the molecule is CCNC(c1ccc(C)nc1)C1CCC(F)(F)CC1. The van der Waals surface area contributed by atoms with Gasteiger partial charge in [-0.25, -0.2) is 8.78 Å². The highest BCUT2D eigenvalue weighted by Gasteiger charge is 2.37. The van der Waals surface area contributed by atoms with Gasteiger partial charge in [0.25, 0.3) is 0 Å². The van der Waals surface area contributed by atoms with Gasteiger partial charge < -0.3 is 5.32 Å². The molecule has 1 aliphatic carbocycles. The predicted molar refractivity (Wildman–Crippen MR) is 72.3 cm³/mol. The van der Waals surface area contributed by atoms with Gasteiger partial charge in [-0.15, -0.1) is 0 Å². The van der Waals surface area contributed by atoms with Crippen LogP contribution in [0.15, 0.2) is 18.3 Å². The Morgan fingerprint density at radius 2 is 2.05 bits per heavy atom. The highest BCUT2D eigenvalue weighted by Crippen LogP contribution is 2.41. The van der Waals surface area contributed by atoms with Crippen molar-refractivity contribution in [3.05, 3.63) is 29.6 Å². The largest absolute Gasteiger partial charge is 0.310 e. The van der Waals surface area contributed by atoms with Gasteiger partial charge >= 0.3 is 0 Å². The topological polar surface area (TPSA) is 24.9 Å². The molecule has 1 unspecified atom stereocenters. The van der Waals surface area contributed by atoms with Crippen molar-refractivity contribution in [2.45, 2.75) is 51.5 Å². The number of pyridine rings is 1. The molecule has 0 aliphatic heterocycles. The van der Waals surface area contributed by atoms with Gasteiger partial charge in [0, 0.05) is 30.8 Å². The summed E-state index contributed by atoms with van der Waals surface area (Å²) in [5, 5.41) is 3.43. The number of hydrogen-bond acceptors (Lipinski definition) is 2. The molecule has 1 aliphatic rings. The number of rotatable bonds is 4. The molecule has 0 saturated heterocycles. The molecular formula is C15H22F2N2. The van der Waals surface area contributed by atoms with E-state index in [1.54, 1.807) is 0 Å². The molecule has 4 heteroatoms. The molecule has 0 spiro atoms. The van der Waals surface area contributed by atoms with Gasteiger partial charge in [-0.2, -0.15) is 0 Å². The van der Waals surface area contributed by atoms with E-state index in [0.29, 0.717) is 12.8 Å². The fraction of sp³-hybridized carbons (Fsp3) is 0.667. The number of nitrogens with one attached hydrogen (secondary N) is 1. The minimum absolute atomic E-state index is 0.0127. The number of nitrogens with zero attached hydrogens (tertiary/aromatic N) is 1. The summed E-state index contributed by atoms with van der Waals surface area (Å²) in [5.74, 6) is -2.18. The number of aromatic nitrogens is 1. The van der Waals surface area contributed by atoms with Crippen molar-refractivity contribution >= 4 is 0 Å². The highest BCUT2D eigenvalue weighted by molar-refractivity contribution is 5.18. The molecule has 2 nitrogen and oxygen atoms in total. The average Bonchev–Trinajstić information content (AvgIpc) is 2.38. The zero-order chi connectivity index (χ0) is 13.9. The van der Waals surface area contributed by atoms with Crippen molar-refractivity contribution in [1.29, 1.82) is 0 Å². The van der Waals surface area contributed by atoms with E-state index in [4.69, 9.17) is 0 Å². The molecule has 19 heavy (non-hydrogen) atoms. The Bertz CT molecular complexity index is 393. The van der Waals surface area contributed by atoms with Crippen LogP contribution in [0.25, 0.3) is 0 Å². The van der Waals surface area contributed by atoms with Crippen molar-refractivity contribution in [1.82, 2.24) is 10.3 Å². The second-order valence-electron chi connectivity index (χ2n) is 5.46. The molecular weight excluding hydrogens is 246 g/mol. The Balaban J connectivity index is 2.10. The summed E-state index contributed by atoms with van der Waals surface area (Å²) in [6, 6.07) is 4.19. The lowest BCUT2D eigenvalue weighted by atomic mass is 9.80.